The summed E-state index contributed by atoms with van der Waals surface area (Å²) in [5, 5.41) is 9.95. The fraction of sp³-hybridized carbons (Fsp3) is 0.438. The second-order valence-corrected chi connectivity index (χ2v) is 6.65. The summed E-state index contributed by atoms with van der Waals surface area (Å²) in [6, 6.07) is 6.82. The molecule has 1 aromatic carbocycles. The van der Waals surface area contributed by atoms with Crippen molar-refractivity contribution in [1.82, 2.24) is 20.1 Å². The van der Waals surface area contributed by atoms with Gasteiger partial charge in [-0.25, -0.2) is 4.39 Å². The van der Waals surface area contributed by atoms with Crippen molar-refractivity contribution in [3.8, 4) is 0 Å². The van der Waals surface area contributed by atoms with Gasteiger partial charge in [-0.05, 0) is 55.1 Å². The highest BCUT2D eigenvalue weighted by molar-refractivity contribution is 7.71. The number of aromatic nitrogens is 3. The fourth-order valence-corrected chi connectivity index (χ4v) is 3.33. The molecule has 2 aliphatic rings. The summed E-state index contributed by atoms with van der Waals surface area (Å²) in [5.74, 6) is 0.718. The van der Waals surface area contributed by atoms with Gasteiger partial charge >= 0.3 is 0 Å². The van der Waals surface area contributed by atoms with Crippen LogP contribution in [0.5, 0.6) is 0 Å². The molecule has 4 rings (SSSR count). The number of halogens is 1. The third kappa shape index (κ3) is 2.93. The standard InChI is InChI=1S/C16H17FN4OS/c17-10-3-1-9(2-4-10)12-7-13(12)15(22)18-8-14-19-20-16(23)21(14)11-5-6-11/h1-4,11-13H,5-8H2,(H,18,22)(H,20,23)/t12-,13+/m1/s1. The minimum absolute atomic E-state index is 0.0237. The molecule has 7 heteroatoms. The van der Waals surface area contributed by atoms with Gasteiger partial charge in [-0.15, -0.1) is 0 Å². The number of nitrogens with zero attached hydrogens (tertiary/aromatic N) is 2. The lowest BCUT2D eigenvalue weighted by molar-refractivity contribution is -0.122. The Labute approximate surface area is 137 Å². The molecule has 2 saturated carbocycles. The Morgan fingerprint density at radius 3 is 2.83 bits per heavy atom. The second-order valence-electron chi connectivity index (χ2n) is 6.26. The van der Waals surface area contributed by atoms with Crippen LogP contribution in [0.2, 0.25) is 0 Å². The Kier molecular flexibility index (Phi) is 3.52. The van der Waals surface area contributed by atoms with E-state index in [2.05, 4.69) is 15.5 Å². The van der Waals surface area contributed by atoms with Gasteiger partial charge in [0.05, 0.1) is 6.54 Å². The number of amides is 1. The molecule has 0 bridgehead atoms. The quantitative estimate of drug-likeness (QED) is 0.828. The van der Waals surface area contributed by atoms with Crippen molar-refractivity contribution in [2.75, 3.05) is 0 Å². The number of hydrogen-bond donors (Lipinski definition) is 2. The minimum Gasteiger partial charge on any atom is -0.349 e. The molecule has 0 saturated heterocycles. The number of carbonyl (C=O) groups is 1. The minimum atomic E-state index is -0.252. The van der Waals surface area contributed by atoms with Crippen LogP contribution in [0.15, 0.2) is 24.3 Å². The zero-order valence-electron chi connectivity index (χ0n) is 12.5. The molecule has 5 nitrogen and oxygen atoms in total. The SMILES string of the molecule is O=C(NCc1n[nH]c(=S)n1C1CC1)[C@H]1C[C@@H]1c1ccc(F)cc1. The first kappa shape index (κ1) is 14.6. The van der Waals surface area contributed by atoms with E-state index in [1.54, 1.807) is 12.1 Å². The lowest BCUT2D eigenvalue weighted by Gasteiger charge is -2.07. The lowest BCUT2D eigenvalue weighted by Crippen LogP contribution is -2.26. The van der Waals surface area contributed by atoms with E-state index in [9.17, 15) is 9.18 Å². The van der Waals surface area contributed by atoms with Crippen molar-refractivity contribution >= 4 is 18.1 Å². The second kappa shape index (κ2) is 5.56. The number of benzene rings is 1. The van der Waals surface area contributed by atoms with Crippen LogP contribution in [-0.4, -0.2) is 20.7 Å². The largest absolute Gasteiger partial charge is 0.349 e. The number of aromatic amines is 1. The third-order valence-electron chi connectivity index (χ3n) is 4.54. The average molecular weight is 332 g/mol. The molecule has 2 fully saturated rings. The van der Waals surface area contributed by atoms with Crippen LogP contribution in [0.4, 0.5) is 4.39 Å². The first-order chi connectivity index (χ1) is 11.1. The molecule has 0 radical (unpaired) electrons. The van der Waals surface area contributed by atoms with E-state index < -0.39 is 0 Å². The van der Waals surface area contributed by atoms with E-state index in [-0.39, 0.29) is 23.6 Å². The Balaban J connectivity index is 1.36. The molecule has 1 aromatic heterocycles. The third-order valence-corrected chi connectivity index (χ3v) is 4.82. The van der Waals surface area contributed by atoms with E-state index in [1.165, 1.54) is 12.1 Å². The van der Waals surface area contributed by atoms with Gasteiger partial charge in [0.1, 0.15) is 5.82 Å². The van der Waals surface area contributed by atoms with Crippen molar-refractivity contribution in [1.29, 1.82) is 0 Å². The number of hydrogen-bond acceptors (Lipinski definition) is 3. The van der Waals surface area contributed by atoms with Gasteiger partial charge in [0.15, 0.2) is 10.6 Å². The van der Waals surface area contributed by atoms with E-state index in [1.807, 2.05) is 4.57 Å². The zero-order chi connectivity index (χ0) is 16.0. The van der Waals surface area contributed by atoms with E-state index >= 15 is 0 Å². The Morgan fingerprint density at radius 2 is 2.13 bits per heavy atom. The molecule has 2 N–H and O–H groups in total. The predicted molar refractivity (Wildman–Crippen MR) is 84.8 cm³/mol. The topological polar surface area (TPSA) is 62.7 Å². The van der Waals surface area contributed by atoms with Crippen LogP contribution < -0.4 is 5.32 Å². The smallest absolute Gasteiger partial charge is 0.224 e. The summed E-state index contributed by atoms with van der Waals surface area (Å²) >= 11 is 5.23. The van der Waals surface area contributed by atoms with Crippen LogP contribution in [0, 0.1) is 16.5 Å². The van der Waals surface area contributed by atoms with Gasteiger partial charge in [0, 0.05) is 12.0 Å². The van der Waals surface area contributed by atoms with Crippen molar-refractivity contribution in [2.45, 2.75) is 37.8 Å². The Bertz CT molecular complexity index is 793. The van der Waals surface area contributed by atoms with Crippen LogP contribution in [0.1, 0.15) is 42.6 Å². The molecule has 1 amide bonds. The van der Waals surface area contributed by atoms with Crippen LogP contribution >= 0.6 is 12.2 Å². The summed E-state index contributed by atoms with van der Waals surface area (Å²) in [6.45, 7) is 0.384. The summed E-state index contributed by atoms with van der Waals surface area (Å²) in [4.78, 5) is 12.3. The van der Waals surface area contributed by atoms with Crippen LogP contribution in [0.3, 0.4) is 0 Å². The Morgan fingerprint density at radius 1 is 1.39 bits per heavy atom. The maximum absolute atomic E-state index is 12.9. The van der Waals surface area contributed by atoms with Crippen molar-refractivity contribution in [2.24, 2.45) is 5.92 Å². The molecule has 120 valence electrons. The van der Waals surface area contributed by atoms with Gasteiger partial charge in [0.2, 0.25) is 5.91 Å². The molecule has 2 aliphatic carbocycles. The monoisotopic (exact) mass is 332 g/mol. The summed E-state index contributed by atoms with van der Waals surface area (Å²) in [7, 11) is 0. The van der Waals surface area contributed by atoms with Crippen molar-refractivity contribution < 1.29 is 9.18 Å². The van der Waals surface area contributed by atoms with E-state index in [0.717, 1.165) is 30.7 Å². The van der Waals surface area contributed by atoms with Crippen molar-refractivity contribution in [3.05, 3.63) is 46.2 Å². The maximum Gasteiger partial charge on any atom is 0.224 e. The average Bonchev–Trinajstić information content (AvgIpc) is 3.45. The van der Waals surface area contributed by atoms with Gasteiger partial charge in [-0.1, -0.05) is 12.1 Å². The molecule has 0 unspecified atom stereocenters. The molecular weight excluding hydrogens is 315 g/mol. The van der Waals surface area contributed by atoms with Gasteiger partial charge in [0.25, 0.3) is 0 Å². The molecule has 23 heavy (non-hydrogen) atoms. The van der Waals surface area contributed by atoms with Crippen molar-refractivity contribution in [3.63, 3.8) is 0 Å². The summed E-state index contributed by atoms with van der Waals surface area (Å²) < 4.78 is 15.6. The predicted octanol–water partition coefficient (Wildman–Crippen LogP) is 2.83. The van der Waals surface area contributed by atoms with E-state index in [4.69, 9.17) is 12.2 Å². The molecule has 1 heterocycles. The number of carbonyl (C=O) groups excluding carboxylic acids is 1. The zero-order valence-corrected chi connectivity index (χ0v) is 13.3. The highest BCUT2D eigenvalue weighted by atomic mass is 32.1. The first-order valence-corrected chi connectivity index (χ1v) is 8.23. The summed E-state index contributed by atoms with van der Waals surface area (Å²) in [6.07, 6.45) is 3.04. The number of H-pyrrole nitrogens is 1. The fourth-order valence-electron chi connectivity index (χ4n) is 3.03. The highest BCUT2D eigenvalue weighted by Crippen LogP contribution is 2.47. The van der Waals surface area contributed by atoms with Crippen LogP contribution in [-0.2, 0) is 11.3 Å². The molecule has 0 spiro atoms. The van der Waals surface area contributed by atoms with Gasteiger partial charge < -0.3 is 5.32 Å². The van der Waals surface area contributed by atoms with Gasteiger partial charge in [-0.2, -0.15) is 5.10 Å². The molecule has 2 aromatic rings. The Hall–Kier alpha value is -2.02. The van der Waals surface area contributed by atoms with Gasteiger partial charge in [-0.3, -0.25) is 14.5 Å². The highest BCUT2D eigenvalue weighted by Gasteiger charge is 2.43. The lowest BCUT2D eigenvalue weighted by atomic mass is 10.1. The molecule has 0 aliphatic heterocycles. The van der Waals surface area contributed by atoms with E-state index in [0.29, 0.717) is 17.4 Å². The number of rotatable bonds is 5. The number of nitrogens with one attached hydrogen (secondary N) is 2. The van der Waals surface area contributed by atoms with Crippen LogP contribution in [0.25, 0.3) is 0 Å². The molecule has 2 atom stereocenters. The maximum atomic E-state index is 12.9. The molecular formula is C16H17FN4OS. The summed E-state index contributed by atoms with van der Waals surface area (Å²) in [5.41, 5.74) is 1.02. The first-order valence-electron chi connectivity index (χ1n) is 7.82. The normalized spacial score (nSPS) is 22.8.